The van der Waals surface area contributed by atoms with Gasteiger partial charge in [0.2, 0.25) is 4.77 Å². The largest absolute Gasteiger partial charge is 0.465 e. The smallest absolute Gasteiger partial charge is 0.387 e. The number of carbonyl (C=O) groups is 2. The average Bonchev–Trinajstić information content (AvgIpc) is 2.81. The van der Waals surface area contributed by atoms with Crippen molar-refractivity contribution in [1.82, 2.24) is 19.2 Å². The summed E-state index contributed by atoms with van der Waals surface area (Å²) in [6.45, 7) is 0. The van der Waals surface area contributed by atoms with Gasteiger partial charge in [-0.2, -0.15) is 0 Å². The van der Waals surface area contributed by atoms with Crippen LogP contribution in [0.3, 0.4) is 0 Å². The molecular weight excluding hydrogens is 364 g/mol. The Morgan fingerprint density at radius 3 is 2.50 bits per heavy atom. The van der Waals surface area contributed by atoms with Crippen LogP contribution in [0.1, 0.15) is 10.4 Å². The topological polar surface area (TPSA) is 152 Å². The minimum atomic E-state index is -4.52. The Bertz CT molecular complexity index is 1030. The van der Waals surface area contributed by atoms with Gasteiger partial charge in [-0.15, -0.1) is 9.41 Å². The third-order valence-electron chi connectivity index (χ3n) is 2.78. The van der Waals surface area contributed by atoms with E-state index in [0.717, 1.165) is 13.2 Å². The van der Waals surface area contributed by atoms with E-state index >= 15 is 0 Å². The molecule has 24 heavy (non-hydrogen) atoms. The van der Waals surface area contributed by atoms with E-state index in [2.05, 4.69) is 17.0 Å². The maximum Gasteiger partial charge on any atom is 0.387 e. The summed E-state index contributed by atoms with van der Waals surface area (Å²) in [7, 11) is -3.46. The van der Waals surface area contributed by atoms with Gasteiger partial charge in [0, 0.05) is 0 Å². The molecule has 128 valence electrons. The minimum Gasteiger partial charge on any atom is -0.465 e. The Kier molecular flexibility index (Phi) is 4.57. The van der Waals surface area contributed by atoms with E-state index in [-0.39, 0.29) is 15.0 Å². The van der Waals surface area contributed by atoms with Crippen molar-refractivity contribution in [3.05, 3.63) is 45.1 Å². The number of methoxy groups -OCH3 is 1. The van der Waals surface area contributed by atoms with Gasteiger partial charge in [0.1, 0.15) is 4.90 Å². The Labute approximate surface area is 139 Å². The fraction of sp³-hybridized carbons (Fsp3) is 0.0909. The van der Waals surface area contributed by atoms with Crippen molar-refractivity contribution in [1.29, 1.82) is 0 Å². The molecular formula is C11H10N4O7S2. The van der Waals surface area contributed by atoms with Crippen LogP contribution in [0.15, 0.2) is 34.0 Å². The molecule has 0 aliphatic carbocycles. The first-order chi connectivity index (χ1) is 11.2. The van der Waals surface area contributed by atoms with Gasteiger partial charge in [-0.05, 0) is 24.4 Å². The minimum absolute atomic E-state index is 0.0517. The second kappa shape index (κ2) is 6.29. The number of nitrogens with zero attached hydrogens (tertiary/aromatic N) is 2. The van der Waals surface area contributed by atoms with Crippen molar-refractivity contribution in [3.63, 3.8) is 0 Å². The first kappa shape index (κ1) is 17.4. The molecule has 2 rings (SSSR count). The fourth-order valence-corrected chi connectivity index (χ4v) is 3.00. The molecule has 2 aromatic rings. The number of nitrogens with one attached hydrogen (secondary N) is 2. The SMILES string of the molecule is COC(=O)c1ccccc1S(=O)(=O)NC(=O)n1[nH]c(=S)n(O)c1=O. The number of carbonyl (C=O) groups excluding carboxylic acids is 2. The number of ether oxygens (including phenoxy) is 1. The molecule has 13 heteroatoms. The number of esters is 1. The van der Waals surface area contributed by atoms with Gasteiger partial charge in [-0.3, -0.25) is 5.10 Å². The predicted octanol–water partition coefficient (Wildman–Crippen LogP) is -0.322. The molecule has 0 saturated carbocycles. The van der Waals surface area contributed by atoms with E-state index in [4.69, 9.17) is 0 Å². The van der Waals surface area contributed by atoms with E-state index in [1.807, 2.05) is 5.10 Å². The van der Waals surface area contributed by atoms with Crippen molar-refractivity contribution in [2.24, 2.45) is 0 Å². The van der Waals surface area contributed by atoms with E-state index < -0.39 is 37.4 Å². The molecule has 3 N–H and O–H groups in total. The van der Waals surface area contributed by atoms with Crippen LogP contribution in [-0.4, -0.2) is 47.2 Å². The Hall–Kier alpha value is -2.93. The highest BCUT2D eigenvalue weighted by atomic mass is 32.2. The zero-order valence-electron chi connectivity index (χ0n) is 11.9. The summed E-state index contributed by atoms with van der Waals surface area (Å²) in [6, 6.07) is 3.56. The summed E-state index contributed by atoms with van der Waals surface area (Å²) in [6.07, 6.45) is 0. The number of hydrogen-bond acceptors (Lipinski definition) is 8. The molecule has 0 radical (unpaired) electrons. The molecule has 1 amide bonds. The van der Waals surface area contributed by atoms with Crippen LogP contribution in [0.5, 0.6) is 0 Å². The molecule has 1 heterocycles. The van der Waals surface area contributed by atoms with Crippen molar-refractivity contribution in [2.45, 2.75) is 4.90 Å². The maximum atomic E-state index is 12.3. The number of sulfonamides is 1. The zero-order valence-corrected chi connectivity index (χ0v) is 13.6. The molecule has 0 aliphatic rings. The highest BCUT2D eigenvalue weighted by Crippen LogP contribution is 2.16. The molecule has 0 unspecified atom stereocenters. The zero-order chi connectivity index (χ0) is 18.1. The van der Waals surface area contributed by atoms with E-state index in [1.165, 1.54) is 18.2 Å². The lowest BCUT2D eigenvalue weighted by Crippen LogP contribution is -2.40. The first-order valence-corrected chi connectivity index (χ1v) is 7.96. The molecule has 0 aliphatic heterocycles. The third kappa shape index (κ3) is 3.07. The summed E-state index contributed by atoms with van der Waals surface area (Å²) in [5.41, 5.74) is -1.60. The quantitative estimate of drug-likeness (QED) is 0.375. The molecule has 0 fully saturated rings. The molecule has 0 bridgehead atoms. The molecule has 1 aromatic carbocycles. The molecule has 0 saturated heterocycles. The number of aromatic amines is 1. The van der Waals surface area contributed by atoms with Gasteiger partial charge in [-0.1, -0.05) is 12.1 Å². The van der Waals surface area contributed by atoms with Crippen LogP contribution >= 0.6 is 12.2 Å². The van der Waals surface area contributed by atoms with E-state index in [9.17, 15) is 28.0 Å². The summed E-state index contributed by atoms with van der Waals surface area (Å²) >= 11 is 4.53. The van der Waals surface area contributed by atoms with Crippen molar-refractivity contribution in [2.75, 3.05) is 7.11 Å². The first-order valence-electron chi connectivity index (χ1n) is 6.07. The molecule has 11 nitrogen and oxygen atoms in total. The molecule has 0 atom stereocenters. The van der Waals surface area contributed by atoms with Crippen LogP contribution in [0.4, 0.5) is 4.79 Å². The van der Waals surface area contributed by atoms with Crippen LogP contribution in [-0.2, 0) is 14.8 Å². The van der Waals surface area contributed by atoms with Gasteiger partial charge in [0.15, 0.2) is 0 Å². The fourth-order valence-electron chi connectivity index (χ4n) is 1.71. The number of rotatable bonds is 3. The summed E-state index contributed by atoms with van der Waals surface area (Å²) in [5.74, 6) is -0.929. The second-order valence-electron chi connectivity index (χ2n) is 4.25. The number of hydrogen-bond donors (Lipinski definition) is 3. The van der Waals surface area contributed by atoms with Crippen molar-refractivity contribution < 1.29 is 28.0 Å². The highest BCUT2D eigenvalue weighted by molar-refractivity contribution is 7.90. The van der Waals surface area contributed by atoms with Gasteiger partial charge in [0.05, 0.1) is 12.7 Å². The average molecular weight is 374 g/mol. The highest BCUT2D eigenvalue weighted by Gasteiger charge is 2.26. The van der Waals surface area contributed by atoms with E-state index in [0.29, 0.717) is 0 Å². The van der Waals surface area contributed by atoms with Crippen molar-refractivity contribution >= 4 is 34.2 Å². The lowest BCUT2D eigenvalue weighted by molar-refractivity contribution is 0.0596. The Morgan fingerprint density at radius 2 is 1.96 bits per heavy atom. The molecule has 0 spiro atoms. The van der Waals surface area contributed by atoms with Crippen LogP contribution < -0.4 is 10.4 Å². The van der Waals surface area contributed by atoms with Crippen LogP contribution in [0.25, 0.3) is 0 Å². The van der Waals surface area contributed by atoms with Crippen LogP contribution in [0.2, 0.25) is 0 Å². The van der Waals surface area contributed by atoms with Gasteiger partial charge in [-0.25, -0.2) is 27.5 Å². The van der Waals surface area contributed by atoms with E-state index in [1.54, 1.807) is 4.72 Å². The van der Waals surface area contributed by atoms with Crippen LogP contribution in [0, 0.1) is 4.77 Å². The van der Waals surface area contributed by atoms with Gasteiger partial charge in [0.25, 0.3) is 10.0 Å². The molecule has 1 aromatic heterocycles. The Balaban J connectivity index is 2.44. The summed E-state index contributed by atoms with van der Waals surface area (Å²) < 4.78 is 30.2. The summed E-state index contributed by atoms with van der Waals surface area (Å²) in [5, 5.41) is 11.2. The number of aromatic nitrogens is 3. The number of amides is 1. The Morgan fingerprint density at radius 1 is 1.33 bits per heavy atom. The normalized spacial score (nSPS) is 11.0. The third-order valence-corrected chi connectivity index (χ3v) is 4.42. The number of benzene rings is 1. The lowest BCUT2D eigenvalue weighted by atomic mass is 10.2. The second-order valence-corrected chi connectivity index (χ2v) is 6.28. The predicted molar refractivity (Wildman–Crippen MR) is 80.0 cm³/mol. The maximum absolute atomic E-state index is 12.3. The van der Waals surface area contributed by atoms with Crippen molar-refractivity contribution in [3.8, 4) is 0 Å². The standard InChI is InChI=1S/C11H10N4O7S2/c1-22-8(16)6-4-2-3-5-7(6)24(20,21)13-9(17)14-11(18)15(19)10(23)12-14/h2-5,19H,1H3,(H,12,23)(H,13,17). The van der Waals surface area contributed by atoms with Gasteiger partial charge >= 0.3 is 17.7 Å². The number of H-pyrrole nitrogens is 1. The summed E-state index contributed by atoms with van der Waals surface area (Å²) in [4.78, 5) is 34.5. The van der Waals surface area contributed by atoms with Gasteiger partial charge < -0.3 is 9.94 Å². The lowest BCUT2D eigenvalue weighted by Gasteiger charge is -2.09. The monoisotopic (exact) mass is 374 g/mol.